The lowest BCUT2D eigenvalue weighted by molar-refractivity contribution is 0.414. The van der Waals surface area contributed by atoms with Gasteiger partial charge in [-0.05, 0) is 31.2 Å². The molecule has 0 saturated heterocycles. The van der Waals surface area contributed by atoms with Crippen molar-refractivity contribution >= 4 is 11.6 Å². The molecule has 0 unspecified atom stereocenters. The third-order valence-electron chi connectivity index (χ3n) is 2.69. The van der Waals surface area contributed by atoms with Crippen LogP contribution in [0.3, 0.4) is 0 Å². The molecule has 4 nitrogen and oxygen atoms in total. The maximum absolute atomic E-state index is 8.75. The summed E-state index contributed by atoms with van der Waals surface area (Å²) < 4.78 is 6.73. The van der Waals surface area contributed by atoms with Gasteiger partial charge in [0.15, 0.2) is 0 Å². The summed E-state index contributed by atoms with van der Waals surface area (Å²) >= 11 is 6.23. The average Bonchev–Trinajstić information content (AvgIpc) is 2.67. The normalized spacial score (nSPS) is 10.1. The molecular weight excluding hydrogens is 250 g/mol. The number of benzene rings is 1. The van der Waals surface area contributed by atoms with E-state index >= 15 is 0 Å². The minimum Gasteiger partial charge on any atom is -0.497 e. The Kier molecular flexibility index (Phi) is 3.54. The molecule has 1 heterocycles. The van der Waals surface area contributed by atoms with Crippen molar-refractivity contribution in [2.45, 2.75) is 13.3 Å². The predicted molar refractivity (Wildman–Crippen MR) is 69.2 cm³/mol. The van der Waals surface area contributed by atoms with Crippen LogP contribution in [0.1, 0.15) is 11.3 Å². The minimum absolute atomic E-state index is 0.265. The first-order valence-corrected chi connectivity index (χ1v) is 5.80. The van der Waals surface area contributed by atoms with E-state index in [1.165, 1.54) is 0 Å². The van der Waals surface area contributed by atoms with Crippen molar-refractivity contribution in [3.8, 4) is 17.5 Å². The molecular formula is C13H12ClN3O. The van der Waals surface area contributed by atoms with Crippen molar-refractivity contribution in [1.29, 1.82) is 5.26 Å². The van der Waals surface area contributed by atoms with Gasteiger partial charge in [-0.2, -0.15) is 10.4 Å². The number of nitriles is 1. The molecule has 92 valence electrons. The van der Waals surface area contributed by atoms with Crippen molar-refractivity contribution in [2.75, 3.05) is 7.11 Å². The number of hydrogen-bond donors (Lipinski definition) is 0. The zero-order valence-electron chi connectivity index (χ0n) is 10.1. The van der Waals surface area contributed by atoms with Crippen LogP contribution in [-0.2, 0) is 6.42 Å². The van der Waals surface area contributed by atoms with Crippen molar-refractivity contribution in [2.24, 2.45) is 0 Å². The summed E-state index contributed by atoms with van der Waals surface area (Å²) in [6, 6.07) is 9.51. The molecule has 5 heteroatoms. The third-order valence-corrected chi connectivity index (χ3v) is 3.08. The number of aryl methyl sites for hydroxylation is 1. The Hall–Kier alpha value is -1.99. The van der Waals surface area contributed by atoms with E-state index in [0.29, 0.717) is 5.15 Å². The quantitative estimate of drug-likeness (QED) is 0.854. The molecule has 1 aromatic heterocycles. The minimum atomic E-state index is 0.265. The lowest BCUT2D eigenvalue weighted by Crippen LogP contribution is -1.96. The highest BCUT2D eigenvalue weighted by atomic mass is 35.5. The molecule has 0 bridgehead atoms. The van der Waals surface area contributed by atoms with E-state index in [-0.39, 0.29) is 6.42 Å². The number of ether oxygens (including phenoxy) is 1. The van der Waals surface area contributed by atoms with Crippen molar-refractivity contribution < 1.29 is 4.74 Å². The number of hydrogen-bond acceptors (Lipinski definition) is 3. The first-order chi connectivity index (χ1) is 8.67. The maximum Gasteiger partial charge on any atom is 0.137 e. The summed E-state index contributed by atoms with van der Waals surface area (Å²) in [5.41, 5.74) is 2.39. The van der Waals surface area contributed by atoms with Crippen LogP contribution in [0.4, 0.5) is 0 Å². The van der Waals surface area contributed by atoms with Crippen molar-refractivity contribution in [3.05, 3.63) is 40.7 Å². The molecule has 2 aromatic rings. The smallest absolute Gasteiger partial charge is 0.137 e. The van der Waals surface area contributed by atoms with Gasteiger partial charge in [-0.1, -0.05) is 11.6 Å². The monoisotopic (exact) mass is 261 g/mol. The third kappa shape index (κ3) is 2.18. The van der Waals surface area contributed by atoms with Crippen molar-refractivity contribution in [1.82, 2.24) is 9.78 Å². The van der Waals surface area contributed by atoms with Crippen LogP contribution in [0.2, 0.25) is 5.15 Å². The molecule has 0 aliphatic heterocycles. The molecule has 0 radical (unpaired) electrons. The highest BCUT2D eigenvalue weighted by molar-refractivity contribution is 6.30. The predicted octanol–water partition coefficient (Wildman–Crippen LogP) is 2.91. The summed E-state index contributed by atoms with van der Waals surface area (Å²) in [5, 5.41) is 13.6. The van der Waals surface area contributed by atoms with Gasteiger partial charge in [-0.25, -0.2) is 4.68 Å². The lowest BCUT2D eigenvalue weighted by atomic mass is 10.2. The molecule has 0 spiro atoms. The summed E-state index contributed by atoms with van der Waals surface area (Å²) in [5.74, 6) is 0.774. The van der Waals surface area contributed by atoms with Crippen LogP contribution in [0, 0.1) is 18.3 Å². The van der Waals surface area contributed by atoms with E-state index in [1.807, 2.05) is 31.2 Å². The van der Waals surface area contributed by atoms with Gasteiger partial charge in [0.2, 0.25) is 0 Å². The fourth-order valence-corrected chi connectivity index (χ4v) is 2.04. The van der Waals surface area contributed by atoms with Gasteiger partial charge >= 0.3 is 0 Å². The zero-order chi connectivity index (χ0) is 13.1. The highest BCUT2D eigenvalue weighted by Crippen LogP contribution is 2.24. The van der Waals surface area contributed by atoms with Gasteiger partial charge in [0.1, 0.15) is 10.9 Å². The van der Waals surface area contributed by atoms with E-state index < -0.39 is 0 Å². The van der Waals surface area contributed by atoms with Gasteiger partial charge < -0.3 is 4.74 Å². The second-order valence-corrected chi connectivity index (χ2v) is 4.16. The number of aromatic nitrogens is 2. The second kappa shape index (κ2) is 5.11. The lowest BCUT2D eigenvalue weighted by Gasteiger charge is -2.04. The standard InChI is InChI=1S/C13H12ClN3O/c1-9-12(7-8-15)13(14)17(16-9)10-3-5-11(18-2)6-4-10/h3-6H,7H2,1-2H3. The summed E-state index contributed by atoms with van der Waals surface area (Å²) in [4.78, 5) is 0. The zero-order valence-corrected chi connectivity index (χ0v) is 10.9. The van der Waals surface area contributed by atoms with Gasteiger partial charge in [-0.3, -0.25) is 0 Å². The fraction of sp³-hybridized carbons (Fsp3) is 0.231. The topological polar surface area (TPSA) is 50.8 Å². The number of rotatable bonds is 3. The Morgan fingerprint density at radius 2 is 2.06 bits per heavy atom. The molecule has 0 saturated carbocycles. The van der Waals surface area contributed by atoms with Crippen LogP contribution in [0.15, 0.2) is 24.3 Å². The fourth-order valence-electron chi connectivity index (χ4n) is 1.71. The van der Waals surface area contributed by atoms with Crippen molar-refractivity contribution in [3.63, 3.8) is 0 Å². The van der Waals surface area contributed by atoms with E-state index in [1.54, 1.807) is 11.8 Å². The van der Waals surface area contributed by atoms with Gasteiger partial charge in [0.05, 0.1) is 31.0 Å². The molecule has 18 heavy (non-hydrogen) atoms. The van der Waals surface area contributed by atoms with E-state index in [4.69, 9.17) is 21.6 Å². The maximum atomic E-state index is 8.75. The molecule has 0 aliphatic carbocycles. The Morgan fingerprint density at radius 3 is 2.61 bits per heavy atom. The van der Waals surface area contributed by atoms with Gasteiger partial charge in [0.25, 0.3) is 0 Å². The molecule has 0 aliphatic rings. The first-order valence-electron chi connectivity index (χ1n) is 5.42. The summed E-state index contributed by atoms with van der Waals surface area (Å²) in [6.45, 7) is 1.85. The number of halogens is 1. The Labute approximate surface area is 110 Å². The average molecular weight is 262 g/mol. The number of methoxy groups -OCH3 is 1. The molecule has 0 atom stereocenters. The van der Waals surface area contributed by atoms with Crippen LogP contribution < -0.4 is 4.74 Å². The molecule has 0 fully saturated rings. The Morgan fingerprint density at radius 1 is 1.39 bits per heavy atom. The van der Waals surface area contributed by atoms with E-state index in [2.05, 4.69) is 11.2 Å². The Bertz CT molecular complexity index is 596. The Balaban J connectivity index is 2.44. The van der Waals surface area contributed by atoms with Crippen LogP contribution in [-0.4, -0.2) is 16.9 Å². The van der Waals surface area contributed by atoms with E-state index in [9.17, 15) is 0 Å². The molecule has 2 rings (SSSR count). The molecule has 0 amide bonds. The molecule has 1 aromatic carbocycles. The van der Waals surface area contributed by atoms with Crippen LogP contribution in [0.25, 0.3) is 5.69 Å². The van der Waals surface area contributed by atoms with Gasteiger partial charge in [-0.15, -0.1) is 0 Å². The highest BCUT2D eigenvalue weighted by Gasteiger charge is 2.14. The molecule has 0 N–H and O–H groups in total. The summed E-state index contributed by atoms with van der Waals surface area (Å²) in [7, 11) is 1.62. The van der Waals surface area contributed by atoms with Crippen LogP contribution in [0.5, 0.6) is 5.75 Å². The number of nitrogens with zero attached hydrogens (tertiary/aromatic N) is 3. The van der Waals surface area contributed by atoms with E-state index in [0.717, 1.165) is 22.7 Å². The second-order valence-electron chi connectivity index (χ2n) is 3.80. The largest absolute Gasteiger partial charge is 0.497 e. The summed E-state index contributed by atoms with van der Waals surface area (Å²) in [6.07, 6.45) is 0.265. The van der Waals surface area contributed by atoms with Crippen LogP contribution >= 0.6 is 11.6 Å². The SMILES string of the molecule is COc1ccc(-n2nc(C)c(CC#N)c2Cl)cc1. The van der Waals surface area contributed by atoms with Gasteiger partial charge in [0, 0.05) is 5.56 Å². The first kappa shape index (κ1) is 12.5.